The minimum Gasteiger partial charge on any atom is -0.466 e. The molecule has 0 bridgehead atoms. The number of ether oxygens (including phenoxy) is 3. The van der Waals surface area contributed by atoms with E-state index in [0.717, 1.165) is 51.4 Å². The maximum absolute atomic E-state index is 13.0. The lowest BCUT2D eigenvalue weighted by Gasteiger charge is -2.40. The molecule has 7 atom stereocenters. The molecule has 81 heavy (non-hydrogen) atoms. The third kappa shape index (κ3) is 49.0. The van der Waals surface area contributed by atoms with Crippen LogP contribution in [0.2, 0.25) is 0 Å². The molecule has 11 heteroatoms. The van der Waals surface area contributed by atoms with E-state index in [1.807, 2.05) is 6.08 Å². The van der Waals surface area contributed by atoms with Gasteiger partial charge in [0.05, 0.1) is 32.0 Å². The van der Waals surface area contributed by atoms with E-state index in [2.05, 4.69) is 31.3 Å². The van der Waals surface area contributed by atoms with Gasteiger partial charge in [0.1, 0.15) is 24.4 Å². The van der Waals surface area contributed by atoms with Gasteiger partial charge in [-0.25, -0.2) is 0 Å². The van der Waals surface area contributed by atoms with Crippen LogP contribution in [0.25, 0.3) is 0 Å². The average molecular weight is 1150 g/mol. The Labute approximate surface area is 499 Å². The first kappa shape index (κ1) is 77.2. The van der Waals surface area contributed by atoms with Gasteiger partial charge in [-0.1, -0.05) is 314 Å². The van der Waals surface area contributed by atoms with Crippen molar-refractivity contribution in [2.75, 3.05) is 19.8 Å². The van der Waals surface area contributed by atoms with Gasteiger partial charge in [-0.15, -0.1) is 0 Å². The van der Waals surface area contributed by atoms with Crippen molar-refractivity contribution in [3.8, 4) is 0 Å². The lowest BCUT2D eigenvalue weighted by atomic mass is 9.99. The summed E-state index contributed by atoms with van der Waals surface area (Å²) in [5.41, 5.74) is 0. The van der Waals surface area contributed by atoms with Gasteiger partial charge in [0, 0.05) is 12.8 Å². The number of carbonyl (C=O) groups is 2. The molecule has 11 nitrogen and oxygen atoms in total. The molecule has 478 valence electrons. The minimum atomic E-state index is -1.57. The van der Waals surface area contributed by atoms with E-state index in [1.54, 1.807) is 6.08 Å². The number of esters is 1. The van der Waals surface area contributed by atoms with Gasteiger partial charge < -0.3 is 45.1 Å². The molecule has 1 heterocycles. The minimum absolute atomic E-state index is 0.0117. The third-order valence-electron chi connectivity index (χ3n) is 16.8. The normalized spacial score (nSPS) is 18.3. The van der Waals surface area contributed by atoms with Crippen LogP contribution in [0.3, 0.4) is 0 Å². The predicted molar refractivity (Wildman–Crippen MR) is 338 cm³/mol. The molecular weight excluding hydrogens is 1010 g/mol. The SMILES string of the molecule is CCCCCCCC/C=C/CC/C=C/C(O)C(COC1OC(CO)C(O)C(O)C1O)NC(=O)CCCCCCCCCCCCCCCCCCCCCCCCCCCCCCCCOC(=O)CCCCCCCCCCCCC. The summed E-state index contributed by atoms with van der Waals surface area (Å²) in [6, 6.07) is -0.824. The highest BCUT2D eigenvalue weighted by Crippen LogP contribution is 2.23. The molecule has 0 saturated carbocycles. The van der Waals surface area contributed by atoms with Gasteiger partial charge in [0.25, 0.3) is 0 Å². The summed E-state index contributed by atoms with van der Waals surface area (Å²) < 4.78 is 16.7. The van der Waals surface area contributed by atoms with Gasteiger partial charge in [-0.3, -0.25) is 9.59 Å². The first-order chi connectivity index (χ1) is 39.7. The smallest absolute Gasteiger partial charge is 0.305 e. The largest absolute Gasteiger partial charge is 0.466 e. The molecule has 1 aliphatic rings. The van der Waals surface area contributed by atoms with Crippen LogP contribution in [0.5, 0.6) is 0 Å². The molecule has 1 saturated heterocycles. The number of aliphatic hydroxyl groups is 5. The topological polar surface area (TPSA) is 175 Å². The fourth-order valence-corrected chi connectivity index (χ4v) is 11.3. The molecule has 1 amide bonds. The fraction of sp³-hybridized carbons (Fsp3) is 0.914. The monoisotopic (exact) mass is 1150 g/mol. The molecule has 0 radical (unpaired) electrons. The Morgan fingerprint density at radius 3 is 1.22 bits per heavy atom. The zero-order valence-electron chi connectivity index (χ0n) is 53.0. The van der Waals surface area contributed by atoms with E-state index < -0.39 is 49.5 Å². The van der Waals surface area contributed by atoms with Crippen molar-refractivity contribution >= 4 is 11.9 Å². The maximum atomic E-state index is 13.0. The average Bonchev–Trinajstić information content (AvgIpc) is 3.46. The van der Waals surface area contributed by atoms with Crippen LogP contribution in [0.1, 0.15) is 348 Å². The Hall–Kier alpha value is -1.86. The van der Waals surface area contributed by atoms with Crippen molar-refractivity contribution in [3.05, 3.63) is 24.3 Å². The van der Waals surface area contributed by atoms with E-state index in [1.165, 1.54) is 270 Å². The van der Waals surface area contributed by atoms with Crippen LogP contribution >= 0.6 is 0 Å². The second-order valence-electron chi connectivity index (χ2n) is 24.6. The first-order valence-electron chi connectivity index (χ1n) is 35.1. The van der Waals surface area contributed by atoms with Crippen molar-refractivity contribution in [3.63, 3.8) is 0 Å². The van der Waals surface area contributed by atoms with Crippen LogP contribution < -0.4 is 5.32 Å². The Kier molecular flexibility index (Phi) is 57.0. The summed E-state index contributed by atoms with van der Waals surface area (Å²) in [7, 11) is 0. The quantitative estimate of drug-likeness (QED) is 0.0195. The summed E-state index contributed by atoms with van der Waals surface area (Å²) in [5.74, 6) is -0.175. The van der Waals surface area contributed by atoms with E-state index >= 15 is 0 Å². The van der Waals surface area contributed by atoms with Crippen molar-refractivity contribution in [2.45, 2.75) is 391 Å². The van der Waals surface area contributed by atoms with Crippen molar-refractivity contribution in [1.82, 2.24) is 5.32 Å². The molecule has 0 aromatic rings. The second kappa shape index (κ2) is 59.9. The number of amides is 1. The first-order valence-corrected chi connectivity index (χ1v) is 35.1. The van der Waals surface area contributed by atoms with Crippen molar-refractivity contribution < 1.29 is 49.3 Å². The van der Waals surface area contributed by atoms with E-state index in [-0.39, 0.29) is 18.5 Å². The Morgan fingerprint density at radius 1 is 0.444 bits per heavy atom. The Morgan fingerprint density at radius 2 is 0.802 bits per heavy atom. The Balaban J connectivity index is 1.95. The Bertz CT molecular complexity index is 1390. The molecule has 1 aliphatic heterocycles. The lowest BCUT2D eigenvalue weighted by Crippen LogP contribution is -2.60. The van der Waals surface area contributed by atoms with Crippen LogP contribution in [-0.2, 0) is 23.8 Å². The number of rotatable bonds is 62. The van der Waals surface area contributed by atoms with Crippen molar-refractivity contribution in [2.24, 2.45) is 0 Å². The summed E-state index contributed by atoms with van der Waals surface area (Å²) in [6.45, 7) is 4.35. The second-order valence-corrected chi connectivity index (χ2v) is 24.6. The van der Waals surface area contributed by atoms with Crippen molar-refractivity contribution in [1.29, 1.82) is 0 Å². The molecule has 1 rings (SSSR count). The molecule has 0 aromatic carbocycles. The van der Waals surface area contributed by atoms with Crippen LogP contribution in [0.15, 0.2) is 24.3 Å². The highest BCUT2D eigenvalue weighted by Gasteiger charge is 2.44. The predicted octanol–water partition coefficient (Wildman–Crippen LogP) is 17.6. The molecule has 0 aromatic heterocycles. The molecular formula is C70H133NO10. The van der Waals surface area contributed by atoms with Crippen LogP contribution in [0.4, 0.5) is 0 Å². The maximum Gasteiger partial charge on any atom is 0.305 e. The highest BCUT2D eigenvalue weighted by molar-refractivity contribution is 5.76. The number of unbranched alkanes of at least 4 members (excludes halogenated alkanes) is 46. The number of aliphatic hydroxyl groups excluding tert-OH is 5. The summed E-state index contributed by atoms with van der Waals surface area (Å²) in [4.78, 5) is 25.1. The number of nitrogens with one attached hydrogen (secondary N) is 1. The van der Waals surface area contributed by atoms with Crippen LogP contribution in [-0.4, -0.2) is 100 Å². The number of carbonyl (C=O) groups excluding carboxylic acids is 2. The highest BCUT2D eigenvalue weighted by atomic mass is 16.7. The third-order valence-corrected chi connectivity index (χ3v) is 16.8. The summed E-state index contributed by atoms with van der Waals surface area (Å²) >= 11 is 0. The number of hydrogen-bond donors (Lipinski definition) is 6. The molecule has 1 fully saturated rings. The van der Waals surface area contributed by atoms with Gasteiger partial charge in [0.15, 0.2) is 6.29 Å². The summed E-state index contributed by atoms with van der Waals surface area (Å²) in [6.07, 6.45) is 64.6. The zero-order chi connectivity index (χ0) is 58.7. The van der Waals surface area contributed by atoms with Crippen LogP contribution in [0, 0.1) is 0 Å². The number of allylic oxidation sites excluding steroid dienone is 3. The van der Waals surface area contributed by atoms with Gasteiger partial charge in [-0.05, 0) is 44.9 Å². The standard InChI is InChI=1S/C70H133NO10/c1-3-5-7-9-11-13-15-37-40-44-48-52-56-63(73)62(61-80-70-69(78)68(77)67(76)64(60-72)81-70)71-65(74)57-53-49-45-41-38-34-32-30-28-26-24-22-20-18-16-17-19-21-23-25-27-29-31-33-35-39-43-47-51-55-59-79-66(75)58-54-50-46-42-36-14-12-10-8-6-4-2/h37,40,52,56,62-64,67-70,72-73,76-78H,3-36,38-39,41-51,53-55,57-61H2,1-2H3,(H,71,74)/b40-37+,56-52+. The molecule has 6 N–H and O–H groups in total. The van der Waals surface area contributed by atoms with Gasteiger partial charge in [-0.2, -0.15) is 0 Å². The van der Waals surface area contributed by atoms with E-state index in [0.29, 0.717) is 19.4 Å². The molecule has 7 unspecified atom stereocenters. The zero-order valence-corrected chi connectivity index (χ0v) is 53.0. The molecule has 0 aliphatic carbocycles. The van der Waals surface area contributed by atoms with E-state index in [9.17, 15) is 35.1 Å². The lowest BCUT2D eigenvalue weighted by molar-refractivity contribution is -0.302. The molecule has 0 spiro atoms. The number of hydrogen-bond acceptors (Lipinski definition) is 10. The summed E-state index contributed by atoms with van der Waals surface area (Å²) in [5, 5.41) is 54.4. The fourth-order valence-electron chi connectivity index (χ4n) is 11.3. The van der Waals surface area contributed by atoms with Gasteiger partial charge in [0.2, 0.25) is 5.91 Å². The van der Waals surface area contributed by atoms with E-state index in [4.69, 9.17) is 14.2 Å². The van der Waals surface area contributed by atoms with Gasteiger partial charge >= 0.3 is 5.97 Å².